The Balaban J connectivity index is 2.07. The second-order valence-corrected chi connectivity index (χ2v) is 7.84. The van der Waals surface area contributed by atoms with Crippen LogP contribution in [0.3, 0.4) is 0 Å². The standard InChI is InChI=1S/C24H30O7/c1-4-6-8-9-15-11-16(25)12-19(26)22(15)30-20-14-17(29-3)13-18-21(20)23(27)31-24(18,28)10-7-5-2/h11-14,25-26,28H,4-10H2,1-3H3/t24-/m0/s1. The number of ether oxygens (including phenoxy) is 3. The molecular weight excluding hydrogens is 400 g/mol. The molecular formula is C24H30O7. The van der Waals surface area contributed by atoms with Crippen molar-refractivity contribution in [2.75, 3.05) is 7.11 Å². The molecule has 7 heteroatoms. The summed E-state index contributed by atoms with van der Waals surface area (Å²) in [5, 5.41) is 31.4. The summed E-state index contributed by atoms with van der Waals surface area (Å²) < 4.78 is 16.7. The third-order valence-electron chi connectivity index (χ3n) is 5.46. The van der Waals surface area contributed by atoms with Crippen molar-refractivity contribution in [3.8, 4) is 28.7 Å². The number of aromatic hydroxyl groups is 2. The number of carbonyl (C=O) groups is 1. The lowest BCUT2D eigenvalue weighted by Gasteiger charge is -2.22. The molecule has 3 rings (SSSR count). The van der Waals surface area contributed by atoms with Gasteiger partial charge in [0.2, 0.25) is 5.79 Å². The molecule has 1 aliphatic rings. The molecule has 0 aliphatic carbocycles. The van der Waals surface area contributed by atoms with Crippen LogP contribution in [0.25, 0.3) is 0 Å². The van der Waals surface area contributed by atoms with Gasteiger partial charge in [0.25, 0.3) is 0 Å². The molecule has 1 heterocycles. The number of esters is 1. The highest BCUT2D eigenvalue weighted by Crippen LogP contribution is 2.47. The molecule has 0 bridgehead atoms. The first-order chi connectivity index (χ1) is 14.8. The lowest BCUT2D eigenvalue weighted by molar-refractivity contribution is -0.168. The van der Waals surface area contributed by atoms with Crippen LogP contribution in [0.15, 0.2) is 24.3 Å². The second kappa shape index (κ2) is 9.47. The zero-order valence-electron chi connectivity index (χ0n) is 18.2. The van der Waals surface area contributed by atoms with E-state index in [4.69, 9.17) is 14.2 Å². The highest BCUT2D eigenvalue weighted by atomic mass is 16.7. The molecule has 2 aromatic rings. The van der Waals surface area contributed by atoms with Gasteiger partial charge in [0.05, 0.1) is 7.11 Å². The highest BCUT2D eigenvalue weighted by Gasteiger charge is 2.46. The summed E-state index contributed by atoms with van der Waals surface area (Å²) >= 11 is 0. The lowest BCUT2D eigenvalue weighted by Crippen LogP contribution is -2.25. The highest BCUT2D eigenvalue weighted by molar-refractivity contribution is 5.98. The molecule has 0 radical (unpaired) electrons. The van der Waals surface area contributed by atoms with Crippen molar-refractivity contribution in [1.82, 2.24) is 0 Å². The summed E-state index contributed by atoms with van der Waals surface area (Å²) in [6.07, 6.45) is 5.18. The van der Waals surface area contributed by atoms with Crippen LogP contribution in [0.5, 0.6) is 28.7 Å². The van der Waals surface area contributed by atoms with E-state index in [0.29, 0.717) is 24.2 Å². The van der Waals surface area contributed by atoms with Crippen LogP contribution in [-0.2, 0) is 16.9 Å². The van der Waals surface area contributed by atoms with E-state index in [-0.39, 0.29) is 40.5 Å². The molecule has 1 atom stereocenters. The number of phenolic OH excluding ortho intramolecular Hbond substituents is 2. The fourth-order valence-corrected chi connectivity index (χ4v) is 3.80. The van der Waals surface area contributed by atoms with Gasteiger partial charge in [-0.15, -0.1) is 0 Å². The molecule has 0 fully saturated rings. The van der Waals surface area contributed by atoms with Gasteiger partial charge in [0.15, 0.2) is 11.5 Å². The zero-order chi connectivity index (χ0) is 22.6. The van der Waals surface area contributed by atoms with E-state index >= 15 is 0 Å². The predicted octanol–water partition coefficient (Wildman–Crippen LogP) is 5.14. The van der Waals surface area contributed by atoms with Gasteiger partial charge in [-0.25, -0.2) is 4.79 Å². The van der Waals surface area contributed by atoms with Crippen LogP contribution in [0.4, 0.5) is 0 Å². The Hall–Kier alpha value is -2.93. The van der Waals surface area contributed by atoms with Gasteiger partial charge in [-0.05, 0) is 31.4 Å². The van der Waals surface area contributed by atoms with Crippen LogP contribution < -0.4 is 9.47 Å². The van der Waals surface area contributed by atoms with Gasteiger partial charge in [-0.2, -0.15) is 0 Å². The van der Waals surface area contributed by atoms with Crippen molar-refractivity contribution in [2.24, 2.45) is 0 Å². The molecule has 3 N–H and O–H groups in total. The first-order valence-corrected chi connectivity index (χ1v) is 10.7. The van der Waals surface area contributed by atoms with Crippen LogP contribution >= 0.6 is 0 Å². The SMILES string of the molecule is CCCCCc1cc(O)cc(O)c1Oc1cc(OC)cc2c1C(=O)O[C@@]2(O)CCCC. The van der Waals surface area contributed by atoms with Crippen LogP contribution in [0.2, 0.25) is 0 Å². The van der Waals surface area contributed by atoms with Gasteiger partial charge < -0.3 is 29.5 Å². The van der Waals surface area contributed by atoms with Gasteiger partial charge in [0.1, 0.15) is 22.8 Å². The first kappa shape index (κ1) is 22.7. The molecule has 1 aliphatic heterocycles. The summed E-state index contributed by atoms with van der Waals surface area (Å²) in [6, 6.07) is 5.82. The molecule has 7 nitrogen and oxygen atoms in total. The fraction of sp³-hybridized carbons (Fsp3) is 0.458. The molecule has 2 aromatic carbocycles. The van der Waals surface area contributed by atoms with Gasteiger partial charge in [0, 0.05) is 29.7 Å². The van der Waals surface area contributed by atoms with E-state index < -0.39 is 11.8 Å². The van der Waals surface area contributed by atoms with Crippen LogP contribution in [-0.4, -0.2) is 28.4 Å². The lowest BCUT2D eigenvalue weighted by atomic mass is 9.96. The molecule has 0 spiro atoms. The maximum absolute atomic E-state index is 12.7. The number of unbranched alkanes of at least 4 members (excludes halogenated alkanes) is 3. The predicted molar refractivity (Wildman–Crippen MR) is 115 cm³/mol. The normalized spacial score (nSPS) is 17.4. The number of hydrogen-bond donors (Lipinski definition) is 3. The summed E-state index contributed by atoms with van der Waals surface area (Å²) in [4.78, 5) is 12.7. The minimum Gasteiger partial charge on any atom is -0.508 e. The molecule has 0 saturated heterocycles. The minimum atomic E-state index is -1.75. The maximum Gasteiger partial charge on any atom is 0.345 e. The van der Waals surface area contributed by atoms with Crippen molar-refractivity contribution in [3.63, 3.8) is 0 Å². The quantitative estimate of drug-likeness (QED) is 0.354. The number of phenols is 2. The average Bonchev–Trinajstić information content (AvgIpc) is 2.99. The second-order valence-electron chi connectivity index (χ2n) is 7.84. The zero-order valence-corrected chi connectivity index (χ0v) is 18.2. The minimum absolute atomic E-state index is 0.0689. The molecule has 0 aromatic heterocycles. The Labute approximate surface area is 182 Å². The topological polar surface area (TPSA) is 105 Å². The fourth-order valence-electron chi connectivity index (χ4n) is 3.80. The number of aliphatic hydroxyl groups is 1. The molecule has 0 saturated carbocycles. The molecule has 31 heavy (non-hydrogen) atoms. The number of hydrogen-bond acceptors (Lipinski definition) is 7. The van der Waals surface area contributed by atoms with Gasteiger partial charge in [-0.3, -0.25) is 0 Å². The Morgan fingerprint density at radius 2 is 1.77 bits per heavy atom. The molecule has 168 valence electrons. The molecule has 0 unspecified atom stereocenters. The van der Waals surface area contributed by atoms with E-state index in [1.807, 2.05) is 6.92 Å². The Bertz CT molecular complexity index is 953. The number of rotatable bonds is 10. The van der Waals surface area contributed by atoms with Crippen LogP contribution in [0.1, 0.15) is 73.9 Å². The van der Waals surface area contributed by atoms with E-state index in [9.17, 15) is 20.1 Å². The Kier molecular flexibility index (Phi) is 6.95. The monoisotopic (exact) mass is 430 g/mol. The third kappa shape index (κ3) is 4.71. The Morgan fingerprint density at radius 3 is 2.45 bits per heavy atom. The van der Waals surface area contributed by atoms with E-state index in [2.05, 4.69) is 6.92 Å². The number of aryl methyl sites for hydroxylation is 1. The number of fused-ring (bicyclic) bond motifs is 1. The maximum atomic E-state index is 12.7. The first-order valence-electron chi connectivity index (χ1n) is 10.7. The number of methoxy groups -OCH3 is 1. The third-order valence-corrected chi connectivity index (χ3v) is 5.46. The number of cyclic esters (lactones) is 1. The summed E-state index contributed by atoms with van der Waals surface area (Å²) in [7, 11) is 1.47. The summed E-state index contributed by atoms with van der Waals surface area (Å²) in [5.41, 5.74) is 1.01. The van der Waals surface area contributed by atoms with Crippen molar-refractivity contribution in [3.05, 3.63) is 41.0 Å². The van der Waals surface area contributed by atoms with Gasteiger partial charge in [-0.1, -0.05) is 33.1 Å². The number of benzene rings is 2. The van der Waals surface area contributed by atoms with Crippen molar-refractivity contribution in [1.29, 1.82) is 0 Å². The number of carbonyl (C=O) groups excluding carboxylic acids is 1. The smallest absolute Gasteiger partial charge is 0.345 e. The van der Waals surface area contributed by atoms with Crippen molar-refractivity contribution in [2.45, 2.75) is 64.6 Å². The van der Waals surface area contributed by atoms with Crippen LogP contribution in [0, 0.1) is 0 Å². The van der Waals surface area contributed by atoms with E-state index in [1.54, 1.807) is 12.1 Å². The van der Waals surface area contributed by atoms with E-state index in [0.717, 1.165) is 25.7 Å². The molecule has 0 amide bonds. The summed E-state index contributed by atoms with van der Waals surface area (Å²) in [6.45, 7) is 4.07. The van der Waals surface area contributed by atoms with Gasteiger partial charge >= 0.3 is 5.97 Å². The van der Waals surface area contributed by atoms with E-state index in [1.165, 1.54) is 19.2 Å². The Morgan fingerprint density at radius 1 is 1.03 bits per heavy atom. The largest absolute Gasteiger partial charge is 0.508 e. The average molecular weight is 430 g/mol. The summed E-state index contributed by atoms with van der Waals surface area (Å²) in [5.74, 6) is -2.11. The van der Waals surface area contributed by atoms with Crippen molar-refractivity contribution >= 4 is 5.97 Å². The van der Waals surface area contributed by atoms with Crippen molar-refractivity contribution < 1.29 is 34.3 Å².